The first-order valence-corrected chi connectivity index (χ1v) is 11.6. The number of rotatable bonds is 4. The monoisotopic (exact) mass is 517 g/mol. The summed E-state index contributed by atoms with van der Waals surface area (Å²) in [5.41, 5.74) is -5.43. The van der Waals surface area contributed by atoms with Crippen LogP contribution in [0.5, 0.6) is 5.75 Å². The number of hydrogen-bond donors (Lipinski definition) is 1. The van der Waals surface area contributed by atoms with E-state index in [9.17, 15) is 41.0 Å². The molecule has 2 heterocycles. The second-order valence-electron chi connectivity index (χ2n) is 9.73. The van der Waals surface area contributed by atoms with Gasteiger partial charge in [0.15, 0.2) is 5.69 Å². The van der Waals surface area contributed by atoms with Crippen LogP contribution in [0.25, 0.3) is 0 Å². The molecule has 1 aromatic carbocycles. The molecule has 1 N–H and O–H groups in total. The molecule has 6 nitrogen and oxygen atoms in total. The molecule has 1 aliphatic carbocycles. The maximum absolute atomic E-state index is 13.5. The molecular formula is C24H25F6N3O3. The number of benzene rings is 1. The van der Waals surface area contributed by atoms with Gasteiger partial charge < -0.3 is 14.6 Å². The first-order valence-electron chi connectivity index (χ1n) is 11.6. The van der Waals surface area contributed by atoms with Crippen molar-refractivity contribution in [3.8, 4) is 5.75 Å². The van der Waals surface area contributed by atoms with Crippen LogP contribution < -0.4 is 5.56 Å². The maximum atomic E-state index is 13.5. The zero-order valence-corrected chi connectivity index (χ0v) is 19.6. The molecule has 4 rings (SSSR count). The fourth-order valence-corrected chi connectivity index (χ4v) is 5.30. The van der Waals surface area contributed by atoms with E-state index in [0.717, 1.165) is 12.1 Å². The normalized spacial score (nSPS) is 18.1. The Morgan fingerprint density at radius 1 is 0.972 bits per heavy atom. The van der Waals surface area contributed by atoms with Crippen LogP contribution in [0.1, 0.15) is 72.5 Å². The average Bonchev–Trinajstić information content (AvgIpc) is 3.25. The Labute approximate surface area is 202 Å². The molecule has 0 atom stereocenters. The lowest BCUT2D eigenvalue weighted by molar-refractivity contribution is -0.143. The summed E-state index contributed by atoms with van der Waals surface area (Å²) in [6.07, 6.45) is -8.44. The number of aromatic nitrogens is 2. The summed E-state index contributed by atoms with van der Waals surface area (Å²) in [4.78, 5) is 30.9. The van der Waals surface area contributed by atoms with Crippen LogP contribution in [0.2, 0.25) is 0 Å². The van der Waals surface area contributed by atoms with Gasteiger partial charge in [-0.1, -0.05) is 12.8 Å². The second kappa shape index (κ2) is 8.81. The molecule has 0 radical (unpaired) electrons. The number of aromatic hydroxyl groups is 1. The summed E-state index contributed by atoms with van der Waals surface area (Å²) >= 11 is 0. The molecule has 1 saturated carbocycles. The maximum Gasteiger partial charge on any atom is 0.416 e. The molecule has 0 unspecified atom stereocenters. The number of carbonyl (C=O) groups excluding carboxylic acids is 1. The minimum Gasteiger partial charge on any atom is -0.501 e. The third-order valence-corrected chi connectivity index (χ3v) is 7.15. The molecule has 0 bridgehead atoms. The van der Waals surface area contributed by atoms with Gasteiger partial charge in [0, 0.05) is 31.0 Å². The lowest BCUT2D eigenvalue weighted by Gasteiger charge is -2.36. The summed E-state index contributed by atoms with van der Waals surface area (Å²) in [5, 5.41) is 10.3. The van der Waals surface area contributed by atoms with Gasteiger partial charge in [-0.25, -0.2) is 0 Å². The van der Waals surface area contributed by atoms with E-state index < -0.39 is 46.1 Å². The number of nitrogens with zero attached hydrogens (tertiary/aromatic N) is 3. The van der Waals surface area contributed by atoms with Crippen LogP contribution in [0.3, 0.4) is 0 Å². The quantitative estimate of drug-likeness (QED) is 0.586. The smallest absolute Gasteiger partial charge is 0.416 e. The van der Waals surface area contributed by atoms with Crippen LogP contribution in [-0.2, 0) is 30.7 Å². The van der Waals surface area contributed by atoms with Crippen molar-refractivity contribution in [2.45, 2.75) is 76.3 Å². The van der Waals surface area contributed by atoms with E-state index in [2.05, 4.69) is 4.98 Å². The van der Waals surface area contributed by atoms with Gasteiger partial charge in [-0.05, 0) is 50.5 Å². The molecule has 1 amide bonds. The van der Waals surface area contributed by atoms with Gasteiger partial charge in [0.2, 0.25) is 5.75 Å². The van der Waals surface area contributed by atoms with Crippen LogP contribution in [-0.4, -0.2) is 38.1 Å². The van der Waals surface area contributed by atoms with Crippen molar-refractivity contribution in [2.24, 2.45) is 0 Å². The van der Waals surface area contributed by atoms with Gasteiger partial charge in [-0.3, -0.25) is 9.59 Å². The summed E-state index contributed by atoms with van der Waals surface area (Å²) in [7, 11) is 0. The van der Waals surface area contributed by atoms with Gasteiger partial charge in [-0.15, -0.1) is 0 Å². The number of fused-ring (bicyclic) bond motifs is 1. The highest BCUT2D eigenvalue weighted by Gasteiger charge is 2.43. The molecule has 2 aliphatic rings. The van der Waals surface area contributed by atoms with E-state index in [4.69, 9.17) is 0 Å². The summed E-state index contributed by atoms with van der Waals surface area (Å²) in [5.74, 6) is -1.36. The molecule has 36 heavy (non-hydrogen) atoms. The van der Waals surface area contributed by atoms with E-state index >= 15 is 0 Å². The minimum absolute atomic E-state index is 0.0532. The fourth-order valence-electron chi connectivity index (χ4n) is 5.30. The minimum atomic E-state index is -4.99. The van der Waals surface area contributed by atoms with Gasteiger partial charge in [0.05, 0.1) is 11.1 Å². The number of carbonyl (C=O) groups is 1. The Bertz CT molecular complexity index is 1210. The van der Waals surface area contributed by atoms with E-state index in [1.165, 1.54) is 9.47 Å². The lowest BCUT2D eigenvalue weighted by Crippen LogP contribution is -2.47. The van der Waals surface area contributed by atoms with E-state index in [0.29, 0.717) is 12.8 Å². The Morgan fingerprint density at radius 3 is 2.03 bits per heavy atom. The molecule has 2 aromatic rings. The predicted molar refractivity (Wildman–Crippen MR) is 117 cm³/mol. The summed E-state index contributed by atoms with van der Waals surface area (Å²) in [6, 6.07) is 1.35. The van der Waals surface area contributed by atoms with Crippen molar-refractivity contribution in [2.75, 3.05) is 6.54 Å². The van der Waals surface area contributed by atoms with Gasteiger partial charge >= 0.3 is 17.9 Å². The number of amides is 1. The standard InChI is InChI=1S/C24H25F6N3O3/c1-13(2)32-7-8-33-17(31-20(35)19(34)18(33)21(32)36)12-22(5-3-4-6-22)14-9-15(23(25,26)27)11-16(10-14)24(28,29)30/h9-11,13,34H,3-8,12H2,1-2H3. The highest BCUT2D eigenvalue weighted by atomic mass is 19.4. The highest BCUT2D eigenvalue weighted by molar-refractivity contribution is 5.95. The SMILES string of the molecule is CC(C)N1CCn2c(CC3(c4cc(C(F)(F)F)cc(C(F)(F)F)c4)CCCC3)nc(=O)c(O)c2C1=O. The Morgan fingerprint density at radius 2 is 1.53 bits per heavy atom. The molecule has 12 heteroatoms. The van der Waals surface area contributed by atoms with Crippen molar-refractivity contribution in [1.82, 2.24) is 14.5 Å². The highest BCUT2D eigenvalue weighted by Crippen LogP contribution is 2.47. The molecule has 196 valence electrons. The van der Waals surface area contributed by atoms with Crippen LogP contribution in [0, 0.1) is 0 Å². The van der Waals surface area contributed by atoms with Gasteiger partial charge in [0.1, 0.15) is 5.82 Å². The van der Waals surface area contributed by atoms with Crippen molar-refractivity contribution in [1.29, 1.82) is 0 Å². The molecule has 1 aliphatic heterocycles. The second-order valence-corrected chi connectivity index (χ2v) is 9.73. The third-order valence-electron chi connectivity index (χ3n) is 7.15. The third kappa shape index (κ3) is 4.57. The molecule has 1 aromatic heterocycles. The Balaban J connectivity index is 1.87. The van der Waals surface area contributed by atoms with Crippen LogP contribution >= 0.6 is 0 Å². The fraction of sp³-hybridized carbons (Fsp3) is 0.542. The molecule has 0 spiro atoms. The average molecular weight is 517 g/mol. The van der Waals surface area contributed by atoms with E-state index in [-0.39, 0.29) is 61.5 Å². The summed E-state index contributed by atoms with van der Waals surface area (Å²) in [6.45, 7) is 3.95. The van der Waals surface area contributed by atoms with Crippen molar-refractivity contribution < 1.29 is 36.2 Å². The van der Waals surface area contributed by atoms with E-state index in [1.54, 1.807) is 13.8 Å². The summed E-state index contributed by atoms with van der Waals surface area (Å²) < 4.78 is 82.7. The number of alkyl halides is 6. The predicted octanol–water partition coefficient (Wildman–Crippen LogP) is 4.91. The lowest BCUT2D eigenvalue weighted by atomic mass is 9.74. The molecule has 1 fully saturated rings. The van der Waals surface area contributed by atoms with Crippen LogP contribution in [0.4, 0.5) is 26.3 Å². The van der Waals surface area contributed by atoms with Gasteiger partial charge in [-0.2, -0.15) is 31.3 Å². The van der Waals surface area contributed by atoms with Crippen molar-refractivity contribution in [3.05, 3.63) is 56.8 Å². The number of halogens is 6. The largest absolute Gasteiger partial charge is 0.501 e. The first-order chi connectivity index (χ1) is 16.6. The van der Waals surface area contributed by atoms with Crippen molar-refractivity contribution in [3.63, 3.8) is 0 Å². The van der Waals surface area contributed by atoms with E-state index in [1.807, 2.05) is 0 Å². The Kier molecular flexibility index (Phi) is 6.37. The molecule has 0 saturated heterocycles. The zero-order chi connectivity index (χ0) is 26.6. The number of hydrogen-bond acceptors (Lipinski definition) is 4. The molecular weight excluding hydrogens is 492 g/mol. The topological polar surface area (TPSA) is 75.4 Å². The Hall–Kier alpha value is -3.05. The first kappa shape index (κ1) is 26.0. The van der Waals surface area contributed by atoms with Crippen molar-refractivity contribution >= 4 is 5.91 Å². The zero-order valence-electron chi connectivity index (χ0n) is 19.6. The van der Waals surface area contributed by atoms with Gasteiger partial charge in [0.25, 0.3) is 5.91 Å². The van der Waals surface area contributed by atoms with Crippen LogP contribution in [0.15, 0.2) is 23.0 Å².